The number of nitrogens with zero attached hydrogens (tertiary/aromatic N) is 1. The number of H-pyrrole nitrogens is 1. The number of amides is 1. The third-order valence-corrected chi connectivity index (χ3v) is 7.01. The molecule has 9 heteroatoms. The molecular weight excluding hydrogens is 508 g/mol. The van der Waals surface area contributed by atoms with Crippen LogP contribution in [0.2, 0.25) is 0 Å². The van der Waals surface area contributed by atoms with E-state index in [0.717, 1.165) is 16.4 Å². The molecule has 2 heterocycles. The van der Waals surface area contributed by atoms with E-state index in [1.165, 1.54) is 29.3 Å². The molecule has 180 valence electrons. The van der Waals surface area contributed by atoms with Crippen molar-refractivity contribution in [3.05, 3.63) is 76.1 Å². The van der Waals surface area contributed by atoms with Crippen LogP contribution in [0.1, 0.15) is 49.9 Å². The third kappa shape index (κ3) is 4.59. The van der Waals surface area contributed by atoms with Crippen LogP contribution in [0.15, 0.2) is 53.2 Å². The van der Waals surface area contributed by atoms with Crippen molar-refractivity contribution < 1.29 is 23.4 Å². The molecule has 2 aliphatic rings. The minimum atomic E-state index is -1.59. The van der Waals surface area contributed by atoms with E-state index in [0.29, 0.717) is 36.2 Å². The SMILES string of the molecule is C=C[C@@]1(O)CC[C@@H](c2cc(F)cc(F)c2)N1C(=O)C1CC(OC(=C(C)C=N)c2ccc(Br)[nH]2)C1. The molecule has 3 N–H and O–H groups in total. The van der Waals surface area contributed by atoms with E-state index in [2.05, 4.69) is 27.5 Å². The van der Waals surface area contributed by atoms with Crippen LogP contribution in [0, 0.1) is 23.0 Å². The average molecular weight is 534 g/mol. The molecule has 34 heavy (non-hydrogen) atoms. The van der Waals surface area contributed by atoms with Crippen molar-refractivity contribution in [1.29, 1.82) is 5.41 Å². The van der Waals surface area contributed by atoms with Crippen molar-refractivity contribution in [3.8, 4) is 0 Å². The summed E-state index contributed by atoms with van der Waals surface area (Å²) < 4.78 is 34.6. The van der Waals surface area contributed by atoms with Gasteiger partial charge >= 0.3 is 0 Å². The monoisotopic (exact) mass is 533 g/mol. The minimum absolute atomic E-state index is 0.227. The normalized spacial score (nSPS) is 27.1. The number of nitrogens with one attached hydrogen (secondary N) is 2. The largest absolute Gasteiger partial charge is 0.488 e. The fourth-order valence-corrected chi connectivity index (χ4v) is 5.00. The number of benzene rings is 1. The summed E-state index contributed by atoms with van der Waals surface area (Å²) in [5.41, 5.74) is 0.0729. The van der Waals surface area contributed by atoms with Gasteiger partial charge in [0.05, 0.1) is 16.3 Å². The van der Waals surface area contributed by atoms with Gasteiger partial charge in [-0.1, -0.05) is 6.58 Å². The molecular formula is C25H26BrF2N3O3. The molecule has 1 aliphatic carbocycles. The Balaban J connectivity index is 1.51. The van der Waals surface area contributed by atoms with Crippen LogP contribution in [-0.2, 0) is 9.53 Å². The molecule has 6 nitrogen and oxygen atoms in total. The van der Waals surface area contributed by atoms with Crippen molar-refractivity contribution in [2.75, 3.05) is 0 Å². The average Bonchev–Trinajstić information content (AvgIpc) is 3.35. The first-order chi connectivity index (χ1) is 16.1. The third-order valence-electron chi connectivity index (χ3n) is 6.55. The molecule has 2 atom stereocenters. The molecule has 1 aromatic heterocycles. The summed E-state index contributed by atoms with van der Waals surface area (Å²) in [5.74, 6) is -1.64. The van der Waals surface area contributed by atoms with Gasteiger partial charge in [0, 0.05) is 30.2 Å². The summed E-state index contributed by atoms with van der Waals surface area (Å²) in [6.07, 6.45) is 3.70. The highest BCUT2D eigenvalue weighted by Crippen LogP contribution is 2.46. The highest BCUT2D eigenvalue weighted by molar-refractivity contribution is 9.10. The lowest BCUT2D eigenvalue weighted by Gasteiger charge is -2.42. The van der Waals surface area contributed by atoms with E-state index < -0.39 is 29.3 Å². The quantitative estimate of drug-likeness (QED) is 0.250. The lowest BCUT2D eigenvalue weighted by Crippen LogP contribution is -2.52. The second-order valence-electron chi connectivity index (χ2n) is 8.83. The number of halogens is 3. The number of hydrogen-bond acceptors (Lipinski definition) is 4. The van der Waals surface area contributed by atoms with E-state index in [-0.39, 0.29) is 18.4 Å². The number of hydrogen-bond donors (Lipinski definition) is 3. The molecule has 1 saturated heterocycles. The molecule has 2 fully saturated rings. The predicted octanol–water partition coefficient (Wildman–Crippen LogP) is 5.47. The molecule has 1 aliphatic heterocycles. The summed E-state index contributed by atoms with van der Waals surface area (Å²) >= 11 is 3.37. The fourth-order valence-electron chi connectivity index (χ4n) is 4.66. The van der Waals surface area contributed by atoms with Crippen LogP contribution < -0.4 is 0 Å². The van der Waals surface area contributed by atoms with Crippen LogP contribution in [0.25, 0.3) is 5.76 Å². The zero-order valence-electron chi connectivity index (χ0n) is 18.7. The summed E-state index contributed by atoms with van der Waals surface area (Å²) in [7, 11) is 0. The van der Waals surface area contributed by atoms with Gasteiger partial charge in [0.15, 0.2) is 5.72 Å². The molecule has 1 saturated carbocycles. The maximum Gasteiger partial charge on any atom is 0.228 e. The number of likely N-dealkylation sites (tertiary alicyclic amines) is 1. The summed E-state index contributed by atoms with van der Waals surface area (Å²) in [5, 5.41) is 18.7. The van der Waals surface area contributed by atoms with Gasteiger partial charge in [-0.2, -0.15) is 0 Å². The Kier molecular flexibility index (Phi) is 6.78. The van der Waals surface area contributed by atoms with E-state index in [9.17, 15) is 18.7 Å². The lowest BCUT2D eigenvalue weighted by atomic mass is 9.80. The maximum absolute atomic E-state index is 13.9. The van der Waals surface area contributed by atoms with Crippen molar-refractivity contribution in [1.82, 2.24) is 9.88 Å². The van der Waals surface area contributed by atoms with Crippen LogP contribution in [-0.4, -0.2) is 38.9 Å². The van der Waals surface area contributed by atoms with Gasteiger partial charge in [-0.15, -0.1) is 0 Å². The number of ether oxygens (including phenoxy) is 1. The molecule has 2 aromatic rings. The summed E-state index contributed by atoms with van der Waals surface area (Å²) in [4.78, 5) is 17.9. The smallest absolute Gasteiger partial charge is 0.228 e. The molecule has 1 amide bonds. The second kappa shape index (κ2) is 9.46. The van der Waals surface area contributed by atoms with Crippen molar-refractivity contribution >= 4 is 33.8 Å². The molecule has 1 aromatic carbocycles. The van der Waals surface area contributed by atoms with Gasteiger partial charge in [0.1, 0.15) is 23.5 Å². The fraction of sp³-hybridized carbons (Fsp3) is 0.360. The minimum Gasteiger partial charge on any atom is -0.488 e. The van der Waals surface area contributed by atoms with E-state index in [4.69, 9.17) is 10.1 Å². The molecule has 0 unspecified atom stereocenters. The first-order valence-corrected chi connectivity index (χ1v) is 11.8. The van der Waals surface area contributed by atoms with Crippen LogP contribution in [0.4, 0.5) is 8.78 Å². The van der Waals surface area contributed by atoms with Crippen molar-refractivity contribution in [2.45, 2.75) is 50.5 Å². The number of aromatic amines is 1. The Morgan fingerprint density at radius 2 is 2.00 bits per heavy atom. The Hall–Kier alpha value is -2.78. The topological polar surface area (TPSA) is 89.4 Å². The first kappa shape index (κ1) is 24.3. The highest BCUT2D eigenvalue weighted by atomic mass is 79.9. The second-order valence-corrected chi connectivity index (χ2v) is 9.69. The van der Waals surface area contributed by atoms with Gasteiger partial charge < -0.3 is 25.1 Å². The molecule has 4 rings (SSSR count). The van der Waals surface area contributed by atoms with E-state index in [1.54, 1.807) is 6.92 Å². The highest BCUT2D eigenvalue weighted by Gasteiger charge is 2.50. The number of aromatic nitrogens is 1. The zero-order valence-corrected chi connectivity index (χ0v) is 20.2. The number of rotatable bonds is 7. The van der Waals surface area contributed by atoms with Crippen LogP contribution in [0.5, 0.6) is 0 Å². The van der Waals surface area contributed by atoms with Crippen molar-refractivity contribution in [3.63, 3.8) is 0 Å². The molecule has 0 spiro atoms. The van der Waals surface area contributed by atoms with Gasteiger partial charge in [-0.25, -0.2) is 8.78 Å². The number of aliphatic hydroxyl groups is 1. The van der Waals surface area contributed by atoms with Gasteiger partial charge in [-0.3, -0.25) is 4.79 Å². The van der Waals surface area contributed by atoms with Crippen LogP contribution in [0.3, 0.4) is 0 Å². The first-order valence-electron chi connectivity index (χ1n) is 11.0. The van der Waals surface area contributed by atoms with Crippen molar-refractivity contribution in [2.24, 2.45) is 5.92 Å². The van der Waals surface area contributed by atoms with Gasteiger partial charge in [0.25, 0.3) is 0 Å². The molecule has 0 radical (unpaired) electrons. The van der Waals surface area contributed by atoms with Gasteiger partial charge in [-0.05, 0) is 78.0 Å². The number of carbonyl (C=O) groups is 1. The number of allylic oxidation sites excluding steroid dienone is 1. The lowest BCUT2D eigenvalue weighted by molar-refractivity contribution is -0.160. The Labute approximate surface area is 204 Å². The number of carbonyl (C=O) groups excluding carboxylic acids is 1. The standard InChI is InChI=1S/C25H26BrF2N3O3/c1-3-25(33)7-6-21(15-8-17(27)12-18(28)9-15)31(25)24(32)16-10-19(11-16)34-23(14(2)13-29)20-4-5-22(26)30-20/h3-5,8-9,12-13,16,19,21,29-30,33H,1,6-7,10-11H2,2H3/t16?,19?,21-,25+/m0/s1. The van der Waals surface area contributed by atoms with Gasteiger partial charge in [0.2, 0.25) is 5.91 Å². The zero-order chi connectivity index (χ0) is 24.6. The Morgan fingerprint density at radius 1 is 1.32 bits per heavy atom. The van der Waals surface area contributed by atoms with Crippen LogP contribution >= 0.6 is 15.9 Å². The van der Waals surface area contributed by atoms with E-state index >= 15 is 0 Å². The Morgan fingerprint density at radius 3 is 2.56 bits per heavy atom. The van der Waals surface area contributed by atoms with E-state index in [1.807, 2.05) is 12.1 Å². The molecule has 0 bridgehead atoms. The maximum atomic E-state index is 13.9. The summed E-state index contributed by atoms with van der Waals surface area (Å²) in [6, 6.07) is 6.19. The Bertz CT molecular complexity index is 1140. The predicted molar refractivity (Wildman–Crippen MR) is 128 cm³/mol. The summed E-state index contributed by atoms with van der Waals surface area (Å²) in [6.45, 7) is 5.45.